The molecule has 0 spiro atoms. The summed E-state index contributed by atoms with van der Waals surface area (Å²) in [6, 6.07) is 15.8. The molecule has 2 aromatic carbocycles. The fraction of sp³-hybridized carbons (Fsp3) is 0.269. The lowest BCUT2D eigenvalue weighted by Gasteiger charge is -2.34. The lowest BCUT2D eigenvalue weighted by Crippen LogP contribution is -2.44. The largest absolute Gasteiger partial charge is 0.497 e. The van der Waals surface area contributed by atoms with Crippen LogP contribution in [-0.4, -0.2) is 67.3 Å². The van der Waals surface area contributed by atoms with Crippen molar-refractivity contribution in [2.24, 2.45) is 0 Å². The van der Waals surface area contributed by atoms with Gasteiger partial charge in [0.05, 0.1) is 37.3 Å². The molecule has 1 fully saturated rings. The van der Waals surface area contributed by atoms with Gasteiger partial charge in [0.2, 0.25) is 5.95 Å². The molecule has 35 heavy (non-hydrogen) atoms. The van der Waals surface area contributed by atoms with E-state index in [1.807, 2.05) is 36.4 Å². The van der Waals surface area contributed by atoms with Gasteiger partial charge in [-0.1, -0.05) is 0 Å². The summed E-state index contributed by atoms with van der Waals surface area (Å²) in [5.74, 6) is 2.66. The van der Waals surface area contributed by atoms with Gasteiger partial charge in [0, 0.05) is 55.6 Å². The molecule has 0 atom stereocenters. The van der Waals surface area contributed by atoms with E-state index < -0.39 is 0 Å². The normalized spacial score (nSPS) is 14.1. The molecule has 5 rings (SSSR count). The molecular weight excluding hydrogens is 442 g/mol. The first-order valence-electron chi connectivity index (χ1n) is 11.5. The van der Waals surface area contributed by atoms with Crippen LogP contribution in [0.25, 0.3) is 10.9 Å². The molecule has 4 aromatic rings. The maximum absolute atomic E-state index is 5.67. The minimum atomic E-state index is 0.471. The van der Waals surface area contributed by atoms with E-state index in [-0.39, 0.29) is 0 Å². The van der Waals surface area contributed by atoms with Crippen molar-refractivity contribution in [3.63, 3.8) is 0 Å². The van der Waals surface area contributed by atoms with Gasteiger partial charge in [-0.15, -0.1) is 0 Å². The van der Waals surface area contributed by atoms with Gasteiger partial charge >= 0.3 is 0 Å². The summed E-state index contributed by atoms with van der Waals surface area (Å²) < 4.78 is 10.9. The summed E-state index contributed by atoms with van der Waals surface area (Å²) in [4.78, 5) is 18.2. The number of nitrogens with one attached hydrogen (secondary N) is 2. The van der Waals surface area contributed by atoms with Crippen LogP contribution >= 0.6 is 0 Å². The molecule has 2 N–H and O–H groups in total. The summed E-state index contributed by atoms with van der Waals surface area (Å²) in [6.45, 7) is 4.11. The molecule has 0 bridgehead atoms. The molecule has 9 heteroatoms. The number of likely N-dealkylation sites (N-methyl/N-ethyl adjacent to an activating group) is 1. The van der Waals surface area contributed by atoms with E-state index in [2.05, 4.69) is 54.6 Å². The fourth-order valence-electron chi connectivity index (χ4n) is 4.10. The number of pyridine rings is 1. The molecule has 0 unspecified atom stereocenters. The van der Waals surface area contributed by atoms with Crippen LogP contribution in [0.15, 0.2) is 60.9 Å². The number of aromatic nitrogens is 3. The van der Waals surface area contributed by atoms with Gasteiger partial charge in [0.1, 0.15) is 17.3 Å². The summed E-state index contributed by atoms with van der Waals surface area (Å²) in [6.07, 6.45) is 3.49. The van der Waals surface area contributed by atoms with Crippen LogP contribution in [0.2, 0.25) is 0 Å². The van der Waals surface area contributed by atoms with Crippen molar-refractivity contribution in [3.05, 3.63) is 60.9 Å². The Kier molecular flexibility index (Phi) is 6.49. The molecule has 1 saturated heterocycles. The lowest BCUT2D eigenvalue weighted by atomic mass is 10.2. The van der Waals surface area contributed by atoms with E-state index >= 15 is 0 Å². The Bertz CT molecular complexity index is 1320. The molecule has 3 heterocycles. The predicted octanol–water partition coefficient (Wildman–Crippen LogP) is 4.28. The van der Waals surface area contributed by atoms with Gasteiger partial charge < -0.3 is 29.9 Å². The van der Waals surface area contributed by atoms with Crippen LogP contribution in [-0.2, 0) is 0 Å². The molecule has 2 aromatic heterocycles. The van der Waals surface area contributed by atoms with E-state index in [1.54, 1.807) is 26.6 Å². The van der Waals surface area contributed by atoms with Crippen molar-refractivity contribution >= 4 is 39.7 Å². The van der Waals surface area contributed by atoms with Gasteiger partial charge in [-0.3, -0.25) is 4.98 Å². The maximum atomic E-state index is 5.67. The summed E-state index contributed by atoms with van der Waals surface area (Å²) in [5.41, 5.74) is 3.66. The minimum absolute atomic E-state index is 0.471. The molecular formula is C26H29N7O2. The fourth-order valence-corrected chi connectivity index (χ4v) is 4.10. The number of fused-ring (bicyclic) bond motifs is 1. The third-order valence-electron chi connectivity index (χ3n) is 6.12. The quantitative estimate of drug-likeness (QED) is 0.410. The van der Waals surface area contributed by atoms with Crippen LogP contribution in [0.5, 0.6) is 11.5 Å². The number of piperazine rings is 1. The molecule has 0 saturated carbocycles. The zero-order chi connectivity index (χ0) is 24.2. The minimum Gasteiger partial charge on any atom is -0.497 e. The van der Waals surface area contributed by atoms with Crippen molar-refractivity contribution in [1.29, 1.82) is 0 Å². The lowest BCUT2D eigenvalue weighted by molar-refractivity contribution is 0.312. The Morgan fingerprint density at radius 2 is 1.71 bits per heavy atom. The van der Waals surface area contributed by atoms with Crippen molar-refractivity contribution < 1.29 is 9.47 Å². The third kappa shape index (κ3) is 5.20. The number of benzene rings is 2. The molecule has 1 aliphatic heterocycles. The van der Waals surface area contributed by atoms with Crippen molar-refractivity contribution in [2.75, 3.05) is 63.0 Å². The van der Waals surface area contributed by atoms with Gasteiger partial charge in [-0.2, -0.15) is 4.98 Å². The number of anilines is 5. The standard InChI is InChI=1S/C26H29N7O2/c1-32-10-12-33(13-11-32)20-5-7-22(24(15-20)35-3)30-26-27-9-8-25(31-26)29-19-14-18-4-6-21(34-2)16-23(18)28-17-19/h4-9,14-17H,10-13H2,1-3H3,(H2,27,29,30,31). The summed E-state index contributed by atoms with van der Waals surface area (Å²) in [5, 5.41) is 7.60. The van der Waals surface area contributed by atoms with E-state index in [1.165, 1.54) is 0 Å². The second-order valence-electron chi connectivity index (χ2n) is 8.47. The average Bonchev–Trinajstić information content (AvgIpc) is 2.89. The first-order chi connectivity index (χ1) is 17.1. The number of ether oxygens (including phenoxy) is 2. The highest BCUT2D eigenvalue weighted by molar-refractivity contribution is 5.83. The zero-order valence-electron chi connectivity index (χ0n) is 20.2. The van der Waals surface area contributed by atoms with E-state index in [9.17, 15) is 0 Å². The average molecular weight is 472 g/mol. The van der Waals surface area contributed by atoms with Crippen LogP contribution in [0, 0.1) is 0 Å². The number of nitrogens with zero attached hydrogens (tertiary/aromatic N) is 5. The highest BCUT2D eigenvalue weighted by atomic mass is 16.5. The van der Waals surface area contributed by atoms with E-state index in [4.69, 9.17) is 9.47 Å². The highest BCUT2D eigenvalue weighted by Gasteiger charge is 2.16. The number of methoxy groups -OCH3 is 2. The smallest absolute Gasteiger partial charge is 0.229 e. The second kappa shape index (κ2) is 10.0. The zero-order valence-corrected chi connectivity index (χ0v) is 20.2. The molecule has 9 nitrogen and oxygen atoms in total. The Morgan fingerprint density at radius 1 is 0.857 bits per heavy atom. The van der Waals surface area contributed by atoms with E-state index in [0.717, 1.165) is 65.6 Å². The third-order valence-corrected chi connectivity index (χ3v) is 6.12. The van der Waals surface area contributed by atoms with Crippen LogP contribution in [0.1, 0.15) is 0 Å². The van der Waals surface area contributed by atoms with Crippen LogP contribution < -0.4 is 25.0 Å². The van der Waals surface area contributed by atoms with Gasteiger partial charge in [0.25, 0.3) is 0 Å². The van der Waals surface area contributed by atoms with Crippen molar-refractivity contribution in [2.45, 2.75) is 0 Å². The van der Waals surface area contributed by atoms with Gasteiger partial charge in [-0.25, -0.2) is 4.98 Å². The summed E-state index contributed by atoms with van der Waals surface area (Å²) >= 11 is 0. The Labute approximate surface area is 204 Å². The molecule has 0 aliphatic carbocycles. The first-order valence-corrected chi connectivity index (χ1v) is 11.5. The molecule has 0 amide bonds. The van der Waals surface area contributed by atoms with Gasteiger partial charge in [-0.05, 0) is 43.4 Å². The molecule has 180 valence electrons. The Morgan fingerprint density at radius 3 is 2.51 bits per heavy atom. The second-order valence-corrected chi connectivity index (χ2v) is 8.47. The van der Waals surface area contributed by atoms with Gasteiger partial charge in [0.15, 0.2) is 0 Å². The number of hydrogen-bond acceptors (Lipinski definition) is 9. The maximum Gasteiger partial charge on any atom is 0.229 e. The Balaban J connectivity index is 1.31. The molecule has 0 radical (unpaired) electrons. The number of hydrogen-bond donors (Lipinski definition) is 2. The Hall–Kier alpha value is -4.11. The first kappa shape index (κ1) is 22.7. The highest BCUT2D eigenvalue weighted by Crippen LogP contribution is 2.32. The monoisotopic (exact) mass is 471 g/mol. The predicted molar refractivity (Wildman–Crippen MR) is 140 cm³/mol. The summed E-state index contributed by atoms with van der Waals surface area (Å²) in [7, 11) is 5.48. The van der Waals surface area contributed by atoms with Crippen molar-refractivity contribution in [1.82, 2.24) is 19.9 Å². The SMILES string of the molecule is COc1ccc2cc(Nc3ccnc(Nc4ccc(N5CCN(C)CC5)cc4OC)n3)cnc2c1. The van der Waals surface area contributed by atoms with Crippen molar-refractivity contribution in [3.8, 4) is 11.5 Å². The van der Waals surface area contributed by atoms with Crippen LogP contribution in [0.4, 0.5) is 28.8 Å². The van der Waals surface area contributed by atoms with Crippen LogP contribution in [0.3, 0.4) is 0 Å². The number of rotatable bonds is 7. The molecule has 1 aliphatic rings. The van der Waals surface area contributed by atoms with E-state index in [0.29, 0.717) is 11.8 Å². The topological polar surface area (TPSA) is 87.7 Å².